The number of hydrogen-bond donors (Lipinski definition) is 1. The van der Waals surface area contributed by atoms with Crippen molar-refractivity contribution in [1.29, 1.82) is 5.26 Å². The lowest BCUT2D eigenvalue weighted by Gasteiger charge is -2.36. The lowest BCUT2D eigenvalue weighted by Crippen LogP contribution is -2.43. The summed E-state index contributed by atoms with van der Waals surface area (Å²) in [4.78, 5) is 13.4. The monoisotopic (exact) mass is 288 g/mol. The molecule has 1 aliphatic rings. The van der Waals surface area contributed by atoms with Crippen molar-refractivity contribution < 1.29 is 14.6 Å². The van der Waals surface area contributed by atoms with Crippen molar-refractivity contribution in [3.63, 3.8) is 0 Å². The number of piperidine rings is 1. The molecular weight excluding hydrogens is 268 g/mol. The molecule has 1 aromatic rings. The average molecular weight is 288 g/mol. The molecule has 21 heavy (non-hydrogen) atoms. The molecule has 0 radical (unpaired) electrons. The van der Waals surface area contributed by atoms with Crippen LogP contribution >= 0.6 is 0 Å². The van der Waals surface area contributed by atoms with Gasteiger partial charge in [0, 0.05) is 6.54 Å². The highest BCUT2D eigenvalue weighted by atomic mass is 16.5. The maximum absolute atomic E-state index is 11.2. The Morgan fingerprint density at radius 3 is 2.52 bits per heavy atom. The molecule has 1 saturated heterocycles. The molecule has 0 unspecified atom stereocenters. The van der Waals surface area contributed by atoms with Crippen LogP contribution in [0.4, 0.5) is 0 Å². The zero-order valence-corrected chi connectivity index (χ0v) is 12.2. The minimum Gasteiger partial charge on any atom is -0.492 e. The number of carboxylic acids is 1. The summed E-state index contributed by atoms with van der Waals surface area (Å²) < 4.78 is 5.64. The largest absolute Gasteiger partial charge is 0.492 e. The first-order valence-electron chi connectivity index (χ1n) is 7.12. The highest BCUT2D eigenvalue weighted by Crippen LogP contribution is 2.30. The van der Waals surface area contributed by atoms with Crippen molar-refractivity contribution in [2.45, 2.75) is 19.8 Å². The van der Waals surface area contributed by atoms with Gasteiger partial charge in [0.2, 0.25) is 0 Å². The van der Waals surface area contributed by atoms with E-state index in [-0.39, 0.29) is 0 Å². The van der Waals surface area contributed by atoms with Crippen molar-refractivity contribution >= 4 is 5.97 Å². The Bertz CT molecular complexity index is 525. The van der Waals surface area contributed by atoms with Gasteiger partial charge in [-0.1, -0.05) is 0 Å². The standard InChI is InChI=1S/C16H20N2O3/c1-16(15(19)20)6-8-18(9-7-16)10-11-21-14-4-2-13(12-17)3-5-14/h2-5H,6-11H2,1H3,(H,19,20). The Morgan fingerprint density at radius 2 is 2.00 bits per heavy atom. The highest BCUT2D eigenvalue weighted by Gasteiger charge is 2.36. The second kappa shape index (κ2) is 6.59. The van der Waals surface area contributed by atoms with Crippen LogP contribution < -0.4 is 4.74 Å². The Labute approximate surface area is 124 Å². The SMILES string of the molecule is CC1(C(=O)O)CCN(CCOc2ccc(C#N)cc2)CC1. The molecule has 0 saturated carbocycles. The Kier molecular flexibility index (Phi) is 4.81. The van der Waals surface area contributed by atoms with Gasteiger partial charge < -0.3 is 9.84 Å². The van der Waals surface area contributed by atoms with Gasteiger partial charge >= 0.3 is 5.97 Å². The predicted octanol–water partition coefficient (Wildman–Crippen LogP) is 2.12. The fourth-order valence-electron chi connectivity index (χ4n) is 2.40. The van der Waals surface area contributed by atoms with Gasteiger partial charge in [-0.2, -0.15) is 5.26 Å². The third-order valence-corrected chi connectivity index (χ3v) is 4.14. The molecule has 0 aliphatic carbocycles. The summed E-state index contributed by atoms with van der Waals surface area (Å²) in [5, 5.41) is 17.9. The van der Waals surface area contributed by atoms with Crippen LogP contribution in [0, 0.1) is 16.7 Å². The summed E-state index contributed by atoms with van der Waals surface area (Å²) in [6, 6.07) is 9.10. The number of carbonyl (C=O) groups is 1. The third-order valence-electron chi connectivity index (χ3n) is 4.14. The fourth-order valence-corrected chi connectivity index (χ4v) is 2.40. The highest BCUT2D eigenvalue weighted by molar-refractivity contribution is 5.74. The molecule has 0 aromatic heterocycles. The first-order chi connectivity index (χ1) is 10.0. The van der Waals surface area contributed by atoms with Gasteiger partial charge in [0.15, 0.2) is 0 Å². The summed E-state index contributed by atoms with van der Waals surface area (Å²) in [6.45, 7) is 4.75. The molecule has 2 rings (SSSR count). The van der Waals surface area contributed by atoms with E-state index in [1.165, 1.54) is 0 Å². The van der Waals surface area contributed by atoms with Gasteiger partial charge in [0.25, 0.3) is 0 Å². The van der Waals surface area contributed by atoms with Gasteiger partial charge in [0.05, 0.1) is 17.0 Å². The molecule has 0 amide bonds. The van der Waals surface area contributed by atoms with E-state index in [9.17, 15) is 9.90 Å². The van der Waals surface area contributed by atoms with Crippen molar-refractivity contribution in [2.75, 3.05) is 26.2 Å². The average Bonchev–Trinajstić information content (AvgIpc) is 2.50. The molecule has 1 aromatic carbocycles. The first-order valence-corrected chi connectivity index (χ1v) is 7.12. The van der Waals surface area contributed by atoms with E-state index in [0.29, 0.717) is 25.0 Å². The molecule has 5 nitrogen and oxygen atoms in total. The molecule has 1 N–H and O–H groups in total. The fraction of sp³-hybridized carbons (Fsp3) is 0.500. The normalized spacial score (nSPS) is 17.9. The van der Waals surface area contributed by atoms with E-state index < -0.39 is 11.4 Å². The Hall–Kier alpha value is -2.06. The Balaban J connectivity index is 1.73. The Morgan fingerprint density at radius 1 is 1.38 bits per heavy atom. The summed E-state index contributed by atoms with van der Waals surface area (Å²) in [5.74, 6) is 0.0531. The van der Waals surface area contributed by atoms with Crippen LogP contribution in [0.3, 0.4) is 0 Å². The van der Waals surface area contributed by atoms with E-state index in [2.05, 4.69) is 11.0 Å². The van der Waals surface area contributed by atoms with Crippen LogP contribution in [0.25, 0.3) is 0 Å². The minimum atomic E-state index is -0.698. The van der Waals surface area contributed by atoms with Crippen LogP contribution in [0.1, 0.15) is 25.3 Å². The zero-order chi connectivity index (χ0) is 15.3. The van der Waals surface area contributed by atoms with Gasteiger partial charge in [-0.3, -0.25) is 9.69 Å². The maximum Gasteiger partial charge on any atom is 0.309 e. The molecule has 0 bridgehead atoms. The topological polar surface area (TPSA) is 73.6 Å². The van der Waals surface area contributed by atoms with Gasteiger partial charge in [0.1, 0.15) is 12.4 Å². The number of aliphatic carboxylic acids is 1. The summed E-state index contributed by atoms with van der Waals surface area (Å²) in [7, 11) is 0. The van der Waals surface area contributed by atoms with Crippen molar-refractivity contribution in [3.8, 4) is 11.8 Å². The van der Waals surface area contributed by atoms with Crippen LogP contribution in [-0.4, -0.2) is 42.2 Å². The lowest BCUT2D eigenvalue weighted by molar-refractivity contribution is -0.150. The number of hydrogen-bond acceptors (Lipinski definition) is 4. The quantitative estimate of drug-likeness (QED) is 0.898. The van der Waals surface area contributed by atoms with Crippen molar-refractivity contribution in [2.24, 2.45) is 5.41 Å². The van der Waals surface area contributed by atoms with Crippen LogP contribution in [0.2, 0.25) is 0 Å². The number of benzene rings is 1. The molecule has 112 valence electrons. The number of carboxylic acid groups (broad SMARTS) is 1. The number of nitriles is 1. The van der Waals surface area contributed by atoms with Gasteiger partial charge in [-0.15, -0.1) is 0 Å². The molecule has 1 heterocycles. The van der Waals surface area contributed by atoms with Crippen molar-refractivity contribution in [3.05, 3.63) is 29.8 Å². The van der Waals surface area contributed by atoms with Crippen LogP contribution in [0.15, 0.2) is 24.3 Å². The van der Waals surface area contributed by atoms with Crippen molar-refractivity contribution in [1.82, 2.24) is 4.90 Å². The number of likely N-dealkylation sites (tertiary alicyclic amines) is 1. The molecule has 0 atom stereocenters. The van der Waals surface area contributed by atoms with E-state index in [4.69, 9.17) is 10.00 Å². The minimum absolute atomic E-state index is 0.565. The predicted molar refractivity (Wildman–Crippen MR) is 78.1 cm³/mol. The summed E-state index contributed by atoms with van der Waals surface area (Å²) in [6.07, 6.45) is 1.36. The third kappa shape index (κ3) is 3.96. The number of nitrogens with zero attached hydrogens (tertiary/aromatic N) is 2. The van der Waals surface area contributed by atoms with E-state index in [1.807, 2.05) is 6.92 Å². The first kappa shape index (κ1) is 15.3. The van der Waals surface area contributed by atoms with E-state index >= 15 is 0 Å². The van der Waals surface area contributed by atoms with E-state index in [1.54, 1.807) is 24.3 Å². The molecule has 0 spiro atoms. The second-order valence-corrected chi connectivity index (χ2v) is 5.69. The lowest BCUT2D eigenvalue weighted by atomic mass is 9.80. The van der Waals surface area contributed by atoms with Crippen LogP contribution in [0.5, 0.6) is 5.75 Å². The van der Waals surface area contributed by atoms with E-state index in [0.717, 1.165) is 25.4 Å². The molecule has 1 fully saturated rings. The van der Waals surface area contributed by atoms with Crippen LogP contribution in [-0.2, 0) is 4.79 Å². The van der Waals surface area contributed by atoms with Gasteiger partial charge in [-0.05, 0) is 57.1 Å². The summed E-state index contributed by atoms with van der Waals surface area (Å²) >= 11 is 0. The molecule has 1 aliphatic heterocycles. The maximum atomic E-state index is 11.2. The number of rotatable bonds is 5. The zero-order valence-electron chi connectivity index (χ0n) is 12.2. The summed E-state index contributed by atoms with van der Waals surface area (Å²) in [5.41, 5.74) is 0.0381. The molecular formula is C16H20N2O3. The van der Waals surface area contributed by atoms with Gasteiger partial charge in [-0.25, -0.2) is 0 Å². The molecule has 5 heteroatoms. The smallest absolute Gasteiger partial charge is 0.309 e. The number of ether oxygens (including phenoxy) is 1. The second-order valence-electron chi connectivity index (χ2n) is 5.69.